The molecule has 3 aromatic rings. The number of carbonyl (C=O) groups excluding carboxylic acids is 2. The molecule has 1 unspecified atom stereocenters. The Morgan fingerprint density at radius 3 is 2.49 bits per heavy atom. The summed E-state index contributed by atoms with van der Waals surface area (Å²) in [6, 6.07) is 13.6. The van der Waals surface area contributed by atoms with Gasteiger partial charge in [0.15, 0.2) is 0 Å². The molecule has 2 fully saturated rings. The summed E-state index contributed by atoms with van der Waals surface area (Å²) in [5.74, 6) is -0.0620. The molecule has 0 spiro atoms. The van der Waals surface area contributed by atoms with Gasteiger partial charge in [0.2, 0.25) is 5.91 Å². The third-order valence-electron chi connectivity index (χ3n) is 7.25. The summed E-state index contributed by atoms with van der Waals surface area (Å²) in [6.45, 7) is 2.25. The van der Waals surface area contributed by atoms with E-state index in [0.717, 1.165) is 63.0 Å². The zero-order valence-corrected chi connectivity index (χ0v) is 20.9. The molecule has 2 N–H and O–H groups in total. The van der Waals surface area contributed by atoms with E-state index in [9.17, 15) is 14.0 Å². The van der Waals surface area contributed by atoms with Crippen LogP contribution in [0.25, 0.3) is 5.69 Å². The number of likely N-dealkylation sites (tertiary alicyclic amines) is 1. The molecule has 1 saturated carbocycles. The number of amides is 2. The van der Waals surface area contributed by atoms with Gasteiger partial charge in [-0.1, -0.05) is 17.3 Å². The minimum absolute atomic E-state index is 0.00268. The van der Waals surface area contributed by atoms with Crippen molar-refractivity contribution in [2.45, 2.75) is 56.5 Å². The lowest BCUT2D eigenvalue weighted by molar-refractivity contribution is -0.134. The molecule has 2 aliphatic rings. The molecule has 1 aliphatic carbocycles. The van der Waals surface area contributed by atoms with Crippen molar-refractivity contribution in [1.29, 1.82) is 0 Å². The van der Waals surface area contributed by atoms with E-state index in [1.54, 1.807) is 29.2 Å². The van der Waals surface area contributed by atoms with Crippen LogP contribution in [0.15, 0.2) is 60.9 Å². The predicted octanol–water partition coefficient (Wildman–Crippen LogP) is 3.44. The number of rotatable bonds is 10. The average molecular weight is 505 g/mol. The summed E-state index contributed by atoms with van der Waals surface area (Å²) < 4.78 is 14.8. The van der Waals surface area contributed by atoms with Gasteiger partial charge in [-0.2, -0.15) is 0 Å². The lowest BCUT2D eigenvalue weighted by Gasteiger charge is -2.31. The van der Waals surface area contributed by atoms with E-state index in [4.69, 9.17) is 0 Å². The van der Waals surface area contributed by atoms with Gasteiger partial charge in [0, 0.05) is 30.6 Å². The highest BCUT2D eigenvalue weighted by atomic mass is 19.1. The van der Waals surface area contributed by atoms with E-state index in [2.05, 4.69) is 20.9 Å². The topological polar surface area (TPSA) is 92.2 Å². The molecule has 9 heteroatoms. The molecular weight excluding hydrogens is 471 g/mol. The zero-order valence-electron chi connectivity index (χ0n) is 20.9. The van der Waals surface area contributed by atoms with Gasteiger partial charge in [0.05, 0.1) is 18.1 Å². The summed E-state index contributed by atoms with van der Waals surface area (Å²) in [5.41, 5.74) is 2.46. The highest BCUT2D eigenvalue weighted by Gasteiger charge is 2.37. The number of piperidine rings is 1. The van der Waals surface area contributed by atoms with Crippen molar-refractivity contribution in [2.24, 2.45) is 0 Å². The van der Waals surface area contributed by atoms with Crippen molar-refractivity contribution < 1.29 is 14.0 Å². The molecule has 8 nitrogen and oxygen atoms in total. The smallest absolute Gasteiger partial charge is 0.251 e. The van der Waals surface area contributed by atoms with E-state index in [-0.39, 0.29) is 17.6 Å². The van der Waals surface area contributed by atoms with Crippen molar-refractivity contribution in [3.8, 4) is 5.69 Å². The fourth-order valence-corrected chi connectivity index (χ4v) is 5.04. The monoisotopic (exact) mass is 504 g/mol. The lowest BCUT2D eigenvalue weighted by Crippen LogP contribution is -2.50. The highest BCUT2D eigenvalue weighted by Crippen LogP contribution is 2.40. The maximum absolute atomic E-state index is 13.3. The molecular formula is C28H33FN6O2. The summed E-state index contributed by atoms with van der Waals surface area (Å²) in [6.07, 6.45) is 8.84. The molecule has 3 atom stereocenters. The number of hydrogen-bond acceptors (Lipinski definition) is 5. The van der Waals surface area contributed by atoms with E-state index < -0.39 is 6.04 Å². The Balaban J connectivity index is 1.16. The van der Waals surface area contributed by atoms with E-state index >= 15 is 0 Å². The molecule has 1 saturated heterocycles. The van der Waals surface area contributed by atoms with Crippen LogP contribution in [0.3, 0.4) is 0 Å². The molecule has 2 aromatic carbocycles. The minimum Gasteiger partial charge on any atom is -0.341 e. The molecule has 2 amide bonds. The van der Waals surface area contributed by atoms with Crippen LogP contribution in [0.2, 0.25) is 0 Å². The highest BCUT2D eigenvalue weighted by molar-refractivity contribution is 5.97. The number of benzene rings is 2. The second-order valence-corrected chi connectivity index (χ2v) is 9.90. The maximum Gasteiger partial charge on any atom is 0.251 e. The minimum atomic E-state index is -0.561. The largest absolute Gasteiger partial charge is 0.341 e. The molecule has 0 bridgehead atoms. The van der Waals surface area contributed by atoms with Crippen molar-refractivity contribution in [2.75, 3.05) is 19.6 Å². The van der Waals surface area contributed by atoms with E-state index in [0.29, 0.717) is 23.9 Å². The fourth-order valence-electron chi connectivity index (χ4n) is 5.04. The second-order valence-electron chi connectivity index (χ2n) is 9.90. The van der Waals surface area contributed by atoms with Crippen LogP contribution in [-0.4, -0.2) is 63.4 Å². The van der Waals surface area contributed by atoms with Gasteiger partial charge in [-0.15, -0.1) is 5.10 Å². The van der Waals surface area contributed by atoms with Crippen molar-refractivity contribution >= 4 is 11.8 Å². The zero-order chi connectivity index (χ0) is 25.6. The number of nitrogens with zero attached hydrogens (tertiary/aromatic N) is 4. The Hall–Kier alpha value is -3.59. The van der Waals surface area contributed by atoms with Crippen LogP contribution < -0.4 is 10.6 Å². The van der Waals surface area contributed by atoms with Crippen LogP contribution in [0.5, 0.6) is 0 Å². The fraction of sp³-hybridized carbons (Fsp3) is 0.429. The van der Waals surface area contributed by atoms with Crippen molar-refractivity contribution in [3.63, 3.8) is 0 Å². The Kier molecular flexibility index (Phi) is 7.89. The van der Waals surface area contributed by atoms with Gasteiger partial charge in [-0.05, 0) is 87.0 Å². The number of hydrogen-bond donors (Lipinski definition) is 2. The average Bonchev–Trinajstić information content (AvgIpc) is 3.49. The van der Waals surface area contributed by atoms with Crippen molar-refractivity contribution in [1.82, 2.24) is 30.5 Å². The molecule has 37 heavy (non-hydrogen) atoms. The SMILES string of the molecule is O=C(N[C@@H](CCCNC1C[C@H]1c1ccc(F)cc1)C(=O)N1CCCCC1)c1ccc(-n2ccnn2)cc1. The molecule has 194 valence electrons. The standard InChI is InChI=1S/C28H33FN6O2/c29-22-10-6-20(7-11-22)24-19-26(24)30-14-4-5-25(28(37)34-16-2-1-3-17-34)32-27(36)21-8-12-23(13-9-21)35-18-15-31-33-35/h6-13,15,18,24-26,30H,1-5,14,16-17,19H2,(H,32,36)/t24-,25-,26?/m0/s1. The third kappa shape index (κ3) is 6.40. The first kappa shape index (κ1) is 25.1. The first-order valence-corrected chi connectivity index (χ1v) is 13.1. The number of nitrogens with one attached hydrogen (secondary N) is 2. The Bertz CT molecular complexity index is 1180. The number of aromatic nitrogens is 3. The Labute approximate surface area is 216 Å². The summed E-state index contributed by atoms with van der Waals surface area (Å²) >= 11 is 0. The van der Waals surface area contributed by atoms with Gasteiger partial charge < -0.3 is 15.5 Å². The number of halogens is 1. The van der Waals surface area contributed by atoms with Gasteiger partial charge >= 0.3 is 0 Å². The quantitative estimate of drug-likeness (QED) is 0.413. The van der Waals surface area contributed by atoms with Gasteiger partial charge in [0.25, 0.3) is 5.91 Å². The lowest BCUT2D eigenvalue weighted by atomic mass is 10.1. The van der Waals surface area contributed by atoms with Crippen LogP contribution in [0.1, 0.15) is 60.4 Å². The van der Waals surface area contributed by atoms with E-state index in [1.165, 1.54) is 12.1 Å². The molecule has 1 aromatic heterocycles. The van der Waals surface area contributed by atoms with Crippen LogP contribution in [0, 0.1) is 5.82 Å². The Morgan fingerprint density at radius 1 is 1.03 bits per heavy atom. The first-order chi connectivity index (χ1) is 18.1. The van der Waals surface area contributed by atoms with Crippen LogP contribution >= 0.6 is 0 Å². The predicted molar refractivity (Wildman–Crippen MR) is 138 cm³/mol. The maximum atomic E-state index is 13.3. The first-order valence-electron chi connectivity index (χ1n) is 13.1. The third-order valence-corrected chi connectivity index (χ3v) is 7.25. The van der Waals surface area contributed by atoms with Crippen molar-refractivity contribution in [3.05, 3.63) is 77.9 Å². The summed E-state index contributed by atoms with van der Waals surface area (Å²) in [7, 11) is 0. The molecule has 0 radical (unpaired) electrons. The molecule has 5 rings (SSSR count). The second kappa shape index (κ2) is 11.6. The summed E-state index contributed by atoms with van der Waals surface area (Å²) in [4.78, 5) is 28.3. The molecule has 2 heterocycles. The van der Waals surface area contributed by atoms with Gasteiger partial charge in [0.1, 0.15) is 11.9 Å². The van der Waals surface area contributed by atoms with Gasteiger partial charge in [-0.25, -0.2) is 9.07 Å². The van der Waals surface area contributed by atoms with E-state index in [1.807, 2.05) is 29.2 Å². The van der Waals surface area contributed by atoms with Crippen LogP contribution in [-0.2, 0) is 4.79 Å². The molecule has 1 aliphatic heterocycles. The normalized spacial score (nSPS) is 19.9. The van der Waals surface area contributed by atoms with Crippen LogP contribution in [0.4, 0.5) is 4.39 Å². The number of carbonyl (C=O) groups is 2. The Morgan fingerprint density at radius 2 is 1.78 bits per heavy atom. The van der Waals surface area contributed by atoms with Gasteiger partial charge in [-0.3, -0.25) is 9.59 Å². The summed E-state index contributed by atoms with van der Waals surface area (Å²) in [5, 5.41) is 14.3.